The fourth-order valence-corrected chi connectivity index (χ4v) is 6.43. The minimum absolute atomic E-state index is 0.0394. The second-order valence-electron chi connectivity index (χ2n) is 17.8. The molecule has 0 aromatic rings. The number of nitrogens with zero attached hydrogens (tertiary/aromatic N) is 3. The van der Waals surface area contributed by atoms with Crippen LogP contribution in [0.3, 0.4) is 0 Å². The molecule has 3 amide bonds. The number of methoxy groups -OCH3 is 4. The number of likely N-dealkylation sites (tertiary alicyclic amines) is 3. The van der Waals surface area contributed by atoms with Gasteiger partial charge in [0, 0.05) is 39.3 Å². The molecule has 21 heteroatoms. The molecule has 3 aliphatic rings. The smallest absolute Gasteiger partial charge is 0.410 e. The first-order valence-corrected chi connectivity index (χ1v) is 19.7. The van der Waals surface area contributed by atoms with Crippen molar-refractivity contribution in [3.8, 4) is 0 Å². The summed E-state index contributed by atoms with van der Waals surface area (Å²) < 4.78 is 34.4. The molecular formula is C40H65N3O18. The normalized spacial score (nSPS) is 22.9. The molecule has 0 radical (unpaired) electrons. The zero-order valence-electron chi connectivity index (χ0n) is 37.6. The lowest BCUT2D eigenvalue weighted by molar-refractivity contribution is -0.154. The maximum absolute atomic E-state index is 12.1. The summed E-state index contributed by atoms with van der Waals surface area (Å²) >= 11 is 0. The van der Waals surface area contributed by atoms with Gasteiger partial charge in [0.2, 0.25) is 0 Å². The van der Waals surface area contributed by atoms with Crippen LogP contribution in [-0.4, -0.2) is 164 Å². The molecule has 3 heterocycles. The summed E-state index contributed by atoms with van der Waals surface area (Å²) in [6.07, 6.45) is -1.14. The first-order chi connectivity index (χ1) is 27.9. The molecule has 3 aliphatic heterocycles. The fourth-order valence-electron chi connectivity index (χ4n) is 6.43. The summed E-state index contributed by atoms with van der Waals surface area (Å²) in [4.78, 5) is 109. The van der Waals surface area contributed by atoms with Gasteiger partial charge < -0.3 is 58.1 Å². The number of carbonyl (C=O) groups is 9. The van der Waals surface area contributed by atoms with Crippen LogP contribution in [0.4, 0.5) is 14.4 Å². The second-order valence-corrected chi connectivity index (χ2v) is 17.8. The van der Waals surface area contributed by atoms with E-state index in [1.807, 2.05) is 0 Å². The van der Waals surface area contributed by atoms with Gasteiger partial charge in [-0.2, -0.15) is 0 Å². The first-order valence-electron chi connectivity index (χ1n) is 19.7. The minimum Gasteiger partial charge on any atom is -0.481 e. The Kier molecular flexibility index (Phi) is 20.2. The summed E-state index contributed by atoms with van der Waals surface area (Å²) in [6.45, 7) is 16.3. The Balaban J connectivity index is 0.000000458. The maximum atomic E-state index is 12.1. The van der Waals surface area contributed by atoms with Crippen LogP contribution in [0.15, 0.2) is 0 Å². The van der Waals surface area contributed by atoms with E-state index in [4.69, 9.17) is 33.9 Å². The van der Waals surface area contributed by atoms with Crippen LogP contribution in [0.5, 0.6) is 0 Å². The van der Waals surface area contributed by atoms with Crippen LogP contribution in [0, 0.1) is 35.5 Å². The van der Waals surface area contributed by atoms with E-state index >= 15 is 0 Å². The van der Waals surface area contributed by atoms with Crippen LogP contribution in [0.2, 0.25) is 0 Å². The van der Waals surface area contributed by atoms with E-state index in [1.54, 1.807) is 62.3 Å². The van der Waals surface area contributed by atoms with E-state index in [2.05, 4.69) is 9.47 Å². The molecule has 0 aliphatic carbocycles. The number of esters is 4. The lowest BCUT2D eigenvalue weighted by Crippen LogP contribution is -2.50. The molecule has 6 unspecified atom stereocenters. The number of ether oxygens (including phenoxy) is 7. The topological polar surface area (TPSA) is 268 Å². The number of carbonyl (C=O) groups excluding carboxylic acids is 7. The fraction of sp³-hybridized carbons (Fsp3) is 0.775. The summed E-state index contributed by atoms with van der Waals surface area (Å²) in [5, 5.41) is 18.2. The molecule has 0 bridgehead atoms. The Morgan fingerprint density at radius 2 is 0.557 bits per heavy atom. The molecule has 2 N–H and O–H groups in total. The van der Waals surface area contributed by atoms with Gasteiger partial charge in [-0.15, -0.1) is 0 Å². The van der Waals surface area contributed by atoms with E-state index < -0.39 is 106 Å². The second kappa shape index (κ2) is 23.0. The average molecular weight is 876 g/mol. The van der Waals surface area contributed by atoms with E-state index in [9.17, 15) is 43.2 Å². The van der Waals surface area contributed by atoms with Gasteiger partial charge in [0.25, 0.3) is 0 Å². The van der Waals surface area contributed by atoms with Gasteiger partial charge in [0.15, 0.2) is 0 Å². The lowest BCUT2D eigenvalue weighted by Gasteiger charge is -2.36. The predicted octanol–water partition coefficient (Wildman–Crippen LogP) is 3.44. The first kappa shape index (κ1) is 53.6. The van der Waals surface area contributed by atoms with Gasteiger partial charge in [-0.3, -0.25) is 28.8 Å². The highest BCUT2D eigenvalue weighted by atomic mass is 16.6. The van der Waals surface area contributed by atoms with Gasteiger partial charge >= 0.3 is 54.1 Å². The zero-order valence-corrected chi connectivity index (χ0v) is 37.6. The number of hydrogen-bond donors (Lipinski definition) is 2. The number of hydrogen-bond acceptors (Lipinski definition) is 16. The van der Waals surface area contributed by atoms with Crippen molar-refractivity contribution in [2.24, 2.45) is 35.5 Å². The number of carboxylic acids is 2. The maximum Gasteiger partial charge on any atom is 0.410 e. The van der Waals surface area contributed by atoms with Crippen molar-refractivity contribution in [3.63, 3.8) is 0 Å². The van der Waals surface area contributed by atoms with E-state index in [1.165, 1.54) is 43.1 Å². The van der Waals surface area contributed by atoms with Crippen molar-refractivity contribution in [1.29, 1.82) is 0 Å². The van der Waals surface area contributed by atoms with E-state index in [-0.39, 0.29) is 52.1 Å². The van der Waals surface area contributed by atoms with Gasteiger partial charge in [0.05, 0.1) is 63.9 Å². The lowest BCUT2D eigenvalue weighted by atomic mass is 9.89. The number of aliphatic carboxylic acids is 2. The van der Waals surface area contributed by atoms with Crippen molar-refractivity contribution in [3.05, 3.63) is 0 Å². The summed E-state index contributed by atoms with van der Waals surface area (Å²) in [5.74, 6) is -7.95. The molecule has 3 saturated heterocycles. The van der Waals surface area contributed by atoms with Crippen LogP contribution >= 0.6 is 0 Å². The highest BCUT2D eigenvalue weighted by Crippen LogP contribution is 2.28. The standard InChI is InChI=1S/C14H23NO6.2C13H21NO6/c1-14(2,3)21-13(18)15-7-9(11(16)19-4)6-10(8-15)12(17)20-5;2*1-13(2,3)20-12(18)14-6-8(10(15)16)5-9(7-14)11(17)19-4/h9-10H,6-8H2,1-5H3;2*8-9H,5-7H2,1-4H3,(H,15,16). The molecule has 3 fully saturated rings. The third kappa shape index (κ3) is 18.8. The third-order valence-corrected chi connectivity index (χ3v) is 9.14. The Bertz CT molecular complexity index is 1480. The number of rotatable bonds is 6. The van der Waals surface area contributed by atoms with Crippen LogP contribution in [0.25, 0.3) is 0 Å². The summed E-state index contributed by atoms with van der Waals surface area (Å²) in [5.41, 5.74) is -1.99. The molecule has 0 spiro atoms. The molecule has 348 valence electrons. The Hall–Kier alpha value is -5.37. The molecule has 0 aromatic carbocycles. The molecule has 21 nitrogen and oxygen atoms in total. The monoisotopic (exact) mass is 875 g/mol. The highest BCUT2D eigenvalue weighted by Gasteiger charge is 2.42. The minimum atomic E-state index is -1.04. The zero-order chi connectivity index (χ0) is 47.2. The van der Waals surface area contributed by atoms with Gasteiger partial charge in [-0.1, -0.05) is 0 Å². The van der Waals surface area contributed by atoms with Crippen molar-refractivity contribution < 1.29 is 86.5 Å². The number of piperidine rings is 3. The molecular weight excluding hydrogens is 810 g/mol. The van der Waals surface area contributed by atoms with Crippen LogP contribution in [0.1, 0.15) is 81.6 Å². The van der Waals surface area contributed by atoms with Crippen molar-refractivity contribution in [2.75, 3.05) is 67.7 Å². The van der Waals surface area contributed by atoms with Crippen molar-refractivity contribution in [1.82, 2.24) is 14.7 Å². The Morgan fingerprint density at radius 1 is 0.377 bits per heavy atom. The van der Waals surface area contributed by atoms with Gasteiger partial charge in [-0.05, 0) is 81.6 Å². The predicted molar refractivity (Wildman–Crippen MR) is 212 cm³/mol. The van der Waals surface area contributed by atoms with Crippen molar-refractivity contribution in [2.45, 2.75) is 98.4 Å². The van der Waals surface area contributed by atoms with E-state index in [0.29, 0.717) is 6.42 Å². The van der Waals surface area contributed by atoms with Gasteiger partial charge in [0.1, 0.15) is 16.8 Å². The van der Waals surface area contributed by atoms with E-state index in [0.717, 1.165) is 0 Å². The van der Waals surface area contributed by atoms with Crippen LogP contribution < -0.4 is 0 Å². The number of amides is 3. The molecule has 61 heavy (non-hydrogen) atoms. The molecule has 0 aromatic heterocycles. The van der Waals surface area contributed by atoms with Crippen LogP contribution in [-0.2, 0) is 61.9 Å². The Labute approximate surface area is 356 Å². The number of carboxylic acid groups (broad SMARTS) is 2. The summed E-state index contributed by atoms with van der Waals surface area (Å²) in [6, 6.07) is 0. The van der Waals surface area contributed by atoms with Crippen molar-refractivity contribution >= 4 is 54.1 Å². The largest absolute Gasteiger partial charge is 0.481 e. The third-order valence-electron chi connectivity index (χ3n) is 9.14. The average Bonchev–Trinajstić information content (AvgIpc) is 3.17. The SMILES string of the molecule is COC(=O)C1CC(C(=O)O)CN(C(=O)OC(C)(C)C)C1.COC(=O)C1CC(C(=O)O)CN(C(=O)OC(C)(C)C)C1.COC(=O)C1CC(C(=O)OC)CN(C(=O)OC(C)(C)C)C1. The molecule has 6 atom stereocenters. The summed E-state index contributed by atoms with van der Waals surface area (Å²) in [7, 11) is 5.04. The Morgan fingerprint density at radius 3 is 0.721 bits per heavy atom. The molecule has 3 rings (SSSR count). The van der Waals surface area contributed by atoms with Gasteiger partial charge in [-0.25, -0.2) is 14.4 Å². The highest BCUT2D eigenvalue weighted by molar-refractivity contribution is 5.80. The molecule has 0 saturated carbocycles. The quantitative estimate of drug-likeness (QED) is 0.286.